The van der Waals surface area contributed by atoms with Gasteiger partial charge in [-0.3, -0.25) is 0 Å². The van der Waals surface area contributed by atoms with Gasteiger partial charge in [-0.15, -0.1) is 0 Å². The van der Waals surface area contributed by atoms with Crippen molar-refractivity contribution in [1.82, 2.24) is 19.5 Å². The van der Waals surface area contributed by atoms with E-state index in [2.05, 4.69) is 19.9 Å². The minimum Gasteiger partial charge on any atom is -0.300 e. The fraction of sp³-hybridized carbons (Fsp3) is 0.0667. The van der Waals surface area contributed by atoms with Crippen LogP contribution in [-0.4, -0.2) is 19.5 Å². The van der Waals surface area contributed by atoms with Crippen LogP contribution in [-0.2, 0) is 6.18 Å². The normalized spacial score (nSPS) is 12.4. The summed E-state index contributed by atoms with van der Waals surface area (Å²) in [6, 6.07) is 9.13. The monoisotopic (exact) mass is 317 g/mol. The molecule has 0 aliphatic rings. The highest BCUT2D eigenvalue weighted by atomic mass is 19.4. The summed E-state index contributed by atoms with van der Waals surface area (Å²) in [5, 5.41) is 0. The molecular weight excluding hydrogens is 307 g/mol. The second kappa shape index (κ2) is 5.99. The Bertz CT molecular complexity index is 855. The van der Waals surface area contributed by atoms with Crippen molar-refractivity contribution in [1.29, 1.82) is 0 Å². The lowest BCUT2D eigenvalue weighted by molar-refractivity contribution is -0.141. The van der Waals surface area contributed by atoms with Gasteiger partial charge < -0.3 is 4.57 Å². The van der Waals surface area contributed by atoms with E-state index in [0.717, 1.165) is 12.3 Å². The molecule has 0 aromatic carbocycles. The zero-order valence-electron chi connectivity index (χ0n) is 11.6. The maximum Gasteiger partial charge on any atom is 0.433 e. The molecule has 116 valence electrons. The number of aromatic nitrogens is 4. The van der Waals surface area contributed by atoms with Crippen LogP contribution < -0.4 is 5.49 Å². The molecular formula is C15H10F3N5. The van der Waals surface area contributed by atoms with Crippen molar-refractivity contribution in [3.63, 3.8) is 0 Å². The molecule has 3 aromatic rings. The van der Waals surface area contributed by atoms with Crippen molar-refractivity contribution < 1.29 is 13.2 Å². The van der Waals surface area contributed by atoms with E-state index >= 15 is 0 Å². The Morgan fingerprint density at radius 2 is 1.70 bits per heavy atom. The van der Waals surface area contributed by atoms with Crippen molar-refractivity contribution in [2.24, 2.45) is 4.99 Å². The minimum absolute atomic E-state index is 0.257. The molecule has 3 aromatic heterocycles. The predicted molar refractivity (Wildman–Crippen MR) is 75.8 cm³/mol. The molecule has 0 bridgehead atoms. The minimum atomic E-state index is -4.47. The second-order valence-electron chi connectivity index (χ2n) is 4.49. The topological polar surface area (TPSA) is 56.0 Å². The first-order valence-electron chi connectivity index (χ1n) is 6.57. The van der Waals surface area contributed by atoms with Gasteiger partial charge in [-0.1, -0.05) is 6.07 Å². The molecule has 0 amide bonds. The highest BCUT2D eigenvalue weighted by Crippen LogP contribution is 2.27. The molecule has 3 rings (SSSR count). The number of hydrogen-bond acceptors (Lipinski definition) is 4. The Labute approximate surface area is 128 Å². The summed E-state index contributed by atoms with van der Waals surface area (Å²) in [5.41, 5.74) is -0.0174. The lowest BCUT2D eigenvalue weighted by Gasteiger charge is -2.09. The predicted octanol–water partition coefficient (Wildman–Crippen LogP) is 2.91. The molecule has 0 spiro atoms. The maximum absolute atomic E-state index is 12.6. The first kappa shape index (κ1) is 14.9. The van der Waals surface area contributed by atoms with Crippen LogP contribution in [0.3, 0.4) is 0 Å². The molecule has 0 radical (unpaired) electrons. The first-order valence-corrected chi connectivity index (χ1v) is 6.57. The van der Waals surface area contributed by atoms with Crippen LogP contribution in [0.1, 0.15) is 5.69 Å². The van der Waals surface area contributed by atoms with E-state index in [1.54, 1.807) is 47.4 Å². The summed E-state index contributed by atoms with van der Waals surface area (Å²) in [6.45, 7) is 0. The number of nitrogens with zero attached hydrogens (tertiary/aromatic N) is 5. The molecule has 0 N–H and O–H groups in total. The van der Waals surface area contributed by atoms with Gasteiger partial charge >= 0.3 is 6.18 Å². The summed E-state index contributed by atoms with van der Waals surface area (Å²) >= 11 is 0. The summed E-state index contributed by atoms with van der Waals surface area (Å²) in [7, 11) is 0. The summed E-state index contributed by atoms with van der Waals surface area (Å²) < 4.78 is 39.4. The molecule has 0 saturated heterocycles. The van der Waals surface area contributed by atoms with Crippen LogP contribution in [0.4, 0.5) is 19.1 Å². The van der Waals surface area contributed by atoms with Crippen LogP contribution in [0, 0.1) is 0 Å². The highest BCUT2D eigenvalue weighted by Gasteiger charge is 2.32. The number of halogens is 3. The quantitative estimate of drug-likeness (QED) is 0.730. The molecule has 23 heavy (non-hydrogen) atoms. The Hall–Kier alpha value is -3.03. The largest absolute Gasteiger partial charge is 0.433 e. The van der Waals surface area contributed by atoms with Gasteiger partial charge in [-0.25, -0.2) is 15.0 Å². The van der Waals surface area contributed by atoms with E-state index in [-0.39, 0.29) is 5.95 Å². The molecule has 0 aliphatic heterocycles. The Balaban J connectivity index is 2.06. The maximum atomic E-state index is 12.6. The van der Waals surface area contributed by atoms with Crippen LogP contribution in [0.25, 0.3) is 5.69 Å². The second-order valence-corrected chi connectivity index (χ2v) is 4.49. The van der Waals surface area contributed by atoms with Gasteiger partial charge in [0, 0.05) is 18.6 Å². The van der Waals surface area contributed by atoms with Crippen LogP contribution in [0.5, 0.6) is 0 Å². The molecule has 0 atom stereocenters. The smallest absolute Gasteiger partial charge is 0.300 e. The fourth-order valence-corrected chi connectivity index (χ4v) is 1.89. The average Bonchev–Trinajstić information content (AvgIpc) is 2.56. The third-order valence-electron chi connectivity index (χ3n) is 2.92. The summed E-state index contributed by atoms with van der Waals surface area (Å²) in [6.07, 6.45) is 1.46. The first-order chi connectivity index (χ1) is 11.0. The van der Waals surface area contributed by atoms with Gasteiger partial charge in [0.05, 0.1) is 11.9 Å². The molecule has 0 unspecified atom stereocenters. The summed E-state index contributed by atoms with van der Waals surface area (Å²) in [5.74, 6) is 0.257. The van der Waals surface area contributed by atoms with Gasteiger partial charge in [0.1, 0.15) is 11.2 Å². The van der Waals surface area contributed by atoms with Crippen molar-refractivity contribution in [2.75, 3.05) is 0 Å². The van der Waals surface area contributed by atoms with Gasteiger partial charge in [0.15, 0.2) is 0 Å². The zero-order chi connectivity index (χ0) is 16.3. The Morgan fingerprint density at radius 3 is 2.35 bits per heavy atom. The van der Waals surface area contributed by atoms with E-state index in [0.29, 0.717) is 11.2 Å². The Morgan fingerprint density at radius 1 is 0.913 bits per heavy atom. The van der Waals surface area contributed by atoms with Gasteiger partial charge in [-0.2, -0.15) is 18.2 Å². The SMILES string of the molecule is FC(F)(F)c1ccc(-n2cccc/c2=N\c2ncccn2)cn1. The van der Waals surface area contributed by atoms with Crippen LogP contribution in [0.15, 0.2) is 66.2 Å². The van der Waals surface area contributed by atoms with E-state index < -0.39 is 11.9 Å². The fourth-order valence-electron chi connectivity index (χ4n) is 1.89. The molecule has 0 saturated carbocycles. The van der Waals surface area contributed by atoms with Gasteiger partial charge in [0.2, 0.25) is 0 Å². The molecule has 5 nitrogen and oxygen atoms in total. The Kier molecular flexibility index (Phi) is 3.88. The van der Waals surface area contributed by atoms with E-state index in [4.69, 9.17) is 0 Å². The van der Waals surface area contributed by atoms with Crippen LogP contribution >= 0.6 is 0 Å². The van der Waals surface area contributed by atoms with E-state index in [1.165, 1.54) is 6.07 Å². The molecule has 0 fully saturated rings. The lowest BCUT2D eigenvalue weighted by Crippen LogP contribution is -2.18. The number of rotatable bonds is 2. The number of pyridine rings is 2. The highest BCUT2D eigenvalue weighted by molar-refractivity contribution is 5.31. The number of hydrogen-bond donors (Lipinski definition) is 0. The van der Waals surface area contributed by atoms with E-state index in [9.17, 15) is 13.2 Å². The van der Waals surface area contributed by atoms with Crippen molar-refractivity contribution in [3.8, 4) is 5.69 Å². The van der Waals surface area contributed by atoms with Crippen molar-refractivity contribution in [2.45, 2.75) is 6.18 Å². The molecule has 3 heterocycles. The van der Waals surface area contributed by atoms with Gasteiger partial charge in [-0.05, 0) is 30.3 Å². The molecule has 8 heteroatoms. The lowest BCUT2D eigenvalue weighted by atomic mass is 10.3. The van der Waals surface area contributed by atoms with Crippen LogP contribution in [0.2, 0.25) is 0 Å². The zero-order valence-corrected chi connectivity index (χ0v) is 11.6. The third-order valence-corrected chi connectivity index (χ3v) is 2.92. The standard InChI is InChI=1S/C15H10F3N5/c16-15(17,18)12-6-5-11(10-21-12)23-9-2-1-4-13(23)22-14-19-7-3-8-20-14/h1-10H/b22-13+. The average molecular weight is 317 g/mol. The van der Waals surface area contributed by atoms with Crippen molar-refractivity contribution in [3.05, 3.63) is 72.4 Å². The molecule has 0 aliphatic carbocycles. The number of alkyl halides is 3. The van der Waals surface area contributed by atoms with Crippen molar-refractivity contribution >= 4 is 5.95 Å². The van der Waals surface area contributed by atoms with Gasteiger partial charge in [0.25, 0.3) is 5.95 Å². The third kappa shape index (κ3) is 3.42. The van der Waals surface area contributed by atoms with E-state index in [1.807, 2.05) is 0 Å². The summed E-state index contributed by atoms with van der Waals surface area (Å²) in [4.78, 5) is 15.7.